The summed E-state index contributed by atoms with van der Waals surface area (Å²) in [6, 6.07) is 8.51. The normalized spacial score (nSPS) is 18.3. The van der Waals surface area contributed by atoms with Crippen molar-refractivity contribution in [1.82, 2.24) is 9.21 Å². The summed E-state index contributed by atoms with van der Waals surface area (Å²) >= 11 is 4.86. The molecule has 1 aliphatic heterocycles. The van der Waals surface area contributed by atoms with E-state index in [9.17, 15) is 8.42 Å². The minimum absolute atomic E-state index is 0.345. The van der Waals surface area contributed by atoms with Gasteiger partial charge in [-0.15, -0.1) is 0 Å². The largest absolute Gasteiger partial charge is 0.392 e. The average Bonchev–Trinajstić information content (AvgIpc) is 2.40. The Labute approximate surface area is 119 Å². The SMILES string of the molecule is NC(=S)CN1CCN(S(=O)(=O)c2ccccc2)CC1. The van der Waals surface area contributed by atoms with Crippen LogP contribution >= 0.6 is 12.2 Å². The fraction of sp³-hybridized carbons (Fsp3) is 0.417. The predicted molar refractivity (Wildman–Crippen MR) is 78.4 cm³/mol. The highest BCUT2D eigenvalue weighted by molar-refractivity contribution is 7.89. The number of sulfonamides is 1. The van der Waals surface area contributed by atoms with E-state index in [1.165, 1.54) is 4.31 Å². The second kappa shape index (κ2) is 5.96. The van der Waals surface area contributed by atoms with Gasteiger partial charge in [0.05, 0.1) is 9.88 Å². The van der Waals surface area contributed by atoms with Crippen molar-refractivity contribution >= 4 is 27.2 Å². The molecule has 1 aromatic rings. The molecule has 2 rings (SSSR count). The van der Waals surface area contributed by atoms with Gasteiger partial charge >= 0.3 is 0 Å². The summed E-state index contributed by atoms with van der Waals surface area (Å²) in [6.45, 7) is 2.81. The first-order valence-corrected chi connectivity index (χ1v) is 7.91. The molecule has 1 saturated heterocycles. The van der Waals surface area contributed by atoms with E-state index in [-0.39, 0.29) is 0 Å². The first-order chi connectivity index (χ1) is 9.00. The lowest BCUT2D eigenvalue weighted by Gasteiger charge is -2.33. The summed E-state index contributed by atoms with van der Waals surface area (Å²) in [6.07, 6.45) is 0. The van der Waals surface area contributed by atoms with Crippen LogP contribution in [-0.4, -0.2) is 55.3 Å². The number of hydrogen-bond donors (Lipinski definition) is 1. The number of benzene rings is 1. The summed E-state index contributed by atoms with van der Waals surface area (Å²) in [5, 5.41) is 0. The lowest BCUT2D eigenvalue weighted by molar-refractivity contribution is 0.209. The Balaban J connectivity index is 2.03. The third-order valence-electron chi connectivity index (χ3n) is 3.09. The molecule has 19 heavy (non-hydrogen) atoms. The third-order valence-corrected chi connectivity index (χ3v) is 5.13. The Hall–Kier alpha value is -1.02. The third kappa shape index (κ3) is 3.50. The van der Waals surface area contributed by atoms with E-state index in [1.54, 1.807) is 30.3 Å². The molecule has 0 radical (unpaired) electrons. The van der Waals surface area contributed by atoms with Crippen molar-refractivity contribution in [1.29, 1.82) is 0 Å². The molecule has 0 unspecified atom stereocenters. The molecule has 0 spiro atoms. The maximum absolute atomic E-state index is 12.4. The summed E-state index contributed by atoms with van der Waals surface area (Å²) in [4.78, 5) is 2.86. The molecule has 0 amide bonds. The molecule has 0 aliphatic carbocycles. The number of nitrogens with two attached hydrogens (primary N) is 1. The zero-order valence-electron chi connectivity index (χ0n) is 10.5. The summed E-state index contributed by atoms with van der Waals surface area (Å²) in [5.41, 5.74) is 5.49. The second-order valence-electron chi connectivity index (χ2n) is 4.46. The van der Waals surface area contributed by atoms with Gasteiger partial charge in [0.25, 0.3) is 0 Å². The smallest absolute Gasteiger partial charge is 0.243 e. The van der Waals surface area contributed by atoms with Crippen LogP contribution in [0.25, 0.3) is 0 Å². The van der Waals surface area contributed by atoms with E-state index >= 15 is 0 Å². The average molecular weight is 299 g/mol. The van der Waals surface area contributed by atoms with E-state index in [2.05, 4.69) is 4.90 Å². The molecule has 0 saturated carbocycles. The molecule has 1 aliphatic rings. The molecular weight excluding hydrogens is 282 g/mol. The molecule has 0 aromatic heterocycles. The van der Waals surface area contributed by atoms with Gasteiger partial charge < -0.3 is 5.73 Å². The first kappa shape index (κ1) is 14.4. The molecule has 0 atom stereocenters. The van der Waals surface area contributed by atoms with Gasteiger partial charge in [-0.2, -0.15) is 4.31 Å². The molecular formula is C12H17N3O2S2. The van der Waals surface area contributed by atoms with Gasteiger partial charge in [-0.1, -0.05) is 30.4 Å². The fourth-order valence-corrected chi connectivity index (χ4v) is 3.72. The van der Waals surface area contributed by atoms with Gasteiger partial charge in [-0.3, -0.25) is 4.90 Å². The summed E-state index contributed by atoms with van der Waals surface area (Å²) in [7, 11) is -3.37. The molecule has 104 valence electrons. The molecule has 7 heteroatoms. The Morgan fingerprint density at radius 2 is 1.74 bits per heavy atom. The van der Waals surface area contributed by atoms with Crippen LogP contribution in [0.1, 0.15) is 0 Å². The van der Waals surface area contributed by atoms with Gasteiger partial charge in [0.2, 0.25) is 10.0 Å². The van der Waals surface area contributed by atoms with Crippen molar-refractivity contribution in [2.75, 3.05) is 32.7 Å². The number of nitrogens with zero attached hydrogens (tertiary/aromatic N) is 2. The van der Waals surface area contributed by atoms with E-state index in [1.807, 2.05) is 0 Å². The molecule has 1 heterocycles. The lowest BCUT2D eigenvalue weighted by Crippen LogP contribution is -2.50. The molecule has 1 aromatic carbocycles. The van der Waals surface area contributed by atoms with Gasteiger partial charge in [-0.05, 0) is 12.1 Å². The van der Waals surface area contributed by atoms with Crippen LogP contribution in [0.2, 0.25) is 0 Å². The highest BCUT2D eigenvalue weighted by Crippen LogP contribution is 2.16. The number of rotatable bonds is 4. The van der Waals surface area contributed by atoms with Crippen molar-refractivity contribution in [3.05, 3.63) is 30.3 Å². The van der Waals surface area contributed by atoms with Crippen LogP contribution in [0.15, 0.2) is 35.2 Å². The van der Waals surface area contributed by atoms with Crippen molar-refractivity contribution in [3.63, 3.8) is 0 Å². The molecule has 5 nitrogen and oxygen atoms in total. The first-order valence-electron chi connectivity index (χ1n) is 6.06. The standard InChI is InChI=1S/C12H17N3O2S2/c13-12(18)10-14-6-8-15(9-7-14)19(16,17)11-4-2-1-3-5-11/h1-5H,6-10H2,(H2,13,18). The maximum Gasteiger partial charge on any atom is 0.243 e. The van der Waals surface area contributed by atoms with Crippen molar-refractivity contribution in [2.24, 2.45) is 5.73 Å². The fourth-order valence-electron chi connectivity index (χ4n) is 2.09. The maximum atomic E-state index is 12.4. The zero-order chi connectivity index (χ0) is 13.9. The highest BCUT2D eigenvalue weighted by Gasteiger charge is 2.28. The van der Waals surface area contributed by atoms with Gasteiger partial charge in [-0.25, -0.2) is 8.42 Å². The van der Waals surface area contributed by atoms with Crippen molar-refractivity contribution in [2.45, 2.75) is 4.90 Å². The van der Waals surface area contributed by atoms with E-state index in [0.29, 0.717) is 42.6 Å². The van der Waals surface area contributed by atoms with Gasteiger partial charge in [0, 0.05) is 32.7 Å². The monoisotopic (exact) mass is 299 g/mol. The van der Waals surface area contributed by atoms with Crippen LogP contribution in [0.5, 0.6) is 0 Å². The molecule has 0 bridgehead atoms. The van der Waals surface area contributed by atoms with Crippen LogP contribution in [0.3, 0.4) is 0 Å². The van der Waals surface area contributed by atoms with Gasteiger partial charge in [0.15, 0.2) is 0 Å². The summed E-state index contributed by atoms with van der Waals surface area (Å²) in [5.74, 6) is 0. The van der Waals surface area contributed by atoms with Crippen molar-refractivity contribution < 1.29 is 8.42 Å². The number of hydrogen-bond acceptors (Lipinski definition) is 4. The minimum atomic E-state index is -3.37. The Kier molecular flexibility index (Phi) is 4.51. The van der Waals surface area contributed by atoms with Crippen LogP contribution in [0.4, 0.5) is 0 Å². The highest BCUT2D eigenvalue weighted by atomic mass is 32.2. The van der Waals surface area contributed by atoms with Crippen LogP contribution in [-0.2, 0) is 10.0 Å². The molecule has 2 N–H and O–H groups in total. The Morgan fingerprint density at radius 1 is 1.16 bits per heavy atom. The zero-order valence-corrected chi connectivity index (χ0v) is 12.2. The summed E-state index contributed by atoms with van der Waals surface area (Å²) < 4.78 is 26.3. The van der Waals surface area contributed by atoms with Gasteiger partial charge in [0.1, 0.15) is 0 Å². The topological polar surface area (TPSA) is 66.6 Å². The van der Waals surface area contributed by atoms with Crippen molar-refractivity contribution in [3.8, 4) is 0 Å². The van der Waals surface area contributed by atoms with E-state index in [0.717, 1.165) is 0 Å². The molecule has 1 fully saturated rings. The minimum Gasteiger partial charge on any atom is -0.392 e. The van der Waals surface area contributed by atoms with Crippen LogP contribution in [0, 0.1) is 0 Å². The Bertz CT molecular complexity index is 537. The second-order valence-corrected chi connectivity index (χ2v) is 6.92. The van der Waals surface area contributed by atoms with Crippen LogP contribution < -0.4 is 5.73 Å². The number of thiocarbonyl (C=S) groups is 1. The predicted octanol–water partition coefficient (Wildman–Crippen LogP) is 0.279. The van der Waals surface area contributed by atoms with E-state index < -0.39 is 10.0 Å². The quantitative estimate of drug-likeness (QED) is 0.809. The Morgan fingerprint density at radius 3 is 2.26 bits per heavy atom. The number of piperazine rings is 1. The van der Waals surface area contributed by atoms with E-state index in [4.69, 9.17) is 18.0 Å². The lowest BCUT2D eigenvalue weighted by atomic mass is 10.3.